The maximum atomic E-state index is 11.9. The lowest BCUT2D eigenvalue weighted by atomic mass is 10.1. The Balaban J connectivity index is 2.04. The lowest BCUT2D eigenvalue weighted by Gasteiger charge is -2.11. The van der Waals surface area contributed by atoms with E-state index >= 15 is 0 Å². The second-order valence-electron chi connectivity index (χ2n) is 4.03. The quantitative estimate of drug-likeness (QED) is 0.884. The SMILES string of the molecule is COc1ccc(NC(=O)[C@H](O)c2ccccc2)cc1. The molecular formula is C15H15NO3. The summed E-state index contributed by atoms with van der Waals surface area (Å²) in [6.45, 7) is 0. The number of anilines is 1. The molecule has 0 aliphatic carbocycles. The number of aliphatic hydroxyl groups is 1. The molecule has 4 heteroatoms. The number of methoxy groups -OCH3 is 1. The first-order valence-electron chi connectivity index (χ1n) is 5.88. The van der Waals surface area contributed by atoms with Crippen molar-refractivity contribution >= 4 is 11.6 Å². The number of amides is 1. The van der Waals surface area contributed by atoms with Crippen molar-refractivity contribution < 1.29 is 14.6 Å². The van der Waals surface area contributed by atoms with Crippen LogP contribution in [0, 0.1) is 0 Å². The van der Waals surface area contributed by atoms with Crippen LogP contribution in [0.3, 0.4) is 0 Å². The third-order valence-corrected chi connectivity index (χ3v) is 2.72. The van der Waals surface area contributed by atoms with Crippen LogP contribution in [0.5, 0.6) is 5.75 Å². The van der Waals surface area contributed by atoms with Crippen LogP contribution >= 0.6 is 0 Å². The van der Waals surface area contributed by atoms with Crippen molar-refractivity contribution in [3.8, 4) is 5.75 Å². The van der Waals surface area contributed by atoms with Gasteiger partial charge in [-0.2, -0.15) is 0 Å². The van der Waals surface area contributed by atoms with Crippen LogP contribution in [0.1, 0.15) is 11.7 Å². The molecule has 2 aromatic carbocycles. The summed E-state index contributed by atoms with van der Waals surface area (Å²) < 4.78 is 5.03. The first kappa shape index (κ1) is 13.1. The molecule has 0 saturated carbocycles. The summed E-state index contributed by atoms with van der Waals surface area (Å²) in [6, 6.07) is 15.7. The highest BCUT2D eigenvalue weighted by atomic mass is 16.5. The van der Waals surface area contributed by atoms with Gasteiger partial charge in [0.2, 0.25) is 0 Å². The number of hydrogen-bond acceptors (Lipinski definition) is 3. The lowest BCUT2D eigenvalue weighted by molar-refractivity contribution is -0.124. The Bertz CT molecular complexity index is 537. The molecule has 0 unspecified atom stereocenters. The molecule has 0 saturated heterocycles. The summed E-state index contributed by atoms with van der Waals surface area (Å²) in [4.78, 5) is 11.9. The average Bonchev–Trinajstić information content (AvgIpc) is 2.48. The Morgan fingerprint density at radius 2 is 1.74 bits per heavy atom. The highest BCUT2D eigenvalue weighted by Gasteiger charge is 2.16. The summed E-state index contributed by atoms with van der Waals surface area (Å²) in [7, 11) is 1.58. The zero-order valence-corrected chi connectivity index (χ0v) is 10.5. The van der Waals surface area contributed by atoms with E-state index in [1.54, 1.807) is 55.6 Å². The van der Waals surface area contributed by atoms with Crippen LogP contribution in [0.2, 0.25) is 0 Å². The van der Waals surface area contributed by atoms with Crippen molar-refractivity contribution in [2.24, 2.45) is 0 Å². The molecule has 1 atom stereocenters. The molecule has 1 amide bonds. The summed E-state index contributed by atoms with van der Waals surface area (Å²) in [6.07, 6.45) is -1.18. The van der Waals surface area contributed by atoms with Crippen LogP contribution in [0.4, 0.5) is 5.69 Å². The van der Waals surface area contributed by atoms with Gasteiger partial charge < -0.3 is 15.2 Å². The summed E-state index contributed by atoms with van der Waals surface area (Å²) in [5, 5.41) is 12.6. The predicted molar refractivity (Wildman–Crippen MR) is 73.0 cm³/mol. The number of rotatable bonds is 4. The van der Waals surface area contributed by atoms with Gasteiger partial charge in [-0.3, -0.25) is 4.79 Å². The van der Waals surface area contributed by atoms with E-state index in [9.17, 15) is 9.90 Å². The number of carbonyl (C=O) groups excluding carboxylic acids is 1. The number of aliphatic hydroxyl groups excluding tert-OH is 1. The third kappa shape index (κ3) is 3.33. The number of carbonyl (C=O) groups is 1. The van der Waals surface area contributed by atoms with Crippen molar-refractivity contribution in [1.29, 1.82) is 0 Å². The van der Waals surface area contributed by atoms with Crippen molar-refractivity contribution in [3.63, 3.8) is 0 Å². The molecule has 0 aliphatic rings. The van der Waals surface area contributed by atoms with Gasteiger partial charge in [0.05, 0.1) is 7.11 Å². The largest absolute Gasteiger partial charge is 0.497 e. The fourth-order valence-corrected chi connectivity index (χ4v) is 1.67. The molecule has 0 fully saturated rings. The number of ether oxygens (including phenoxy) is 1. The van der Waals surface area contributed by atoms with Gasteiger partial charge in [0.15, 0.2) is 6.10 Å². The Labute approximate surface area is 111 Å². The Morgan fingerprint density at radius 1 is 1.11 bits per heavy atom. The minimum absolute atomic E-state index is 0.462. The molecule has 2 rings (SSSR count). The summed E-state index contributed by atoms with van der Waals surface area (Å²) >= 11 is 0. The van der Waals surface area contributed by atoms with Gasteiger partial charge in [-0.15, -0.1) is 0 Å². The van der Waals surface area contributed by atoms with Crippen molar-refractivity contribution in [3.05, 3.63) is 60.2 Å². The molecule has 98 valence electrons. The van der Waals surface area contributed by atoms with E-state index in [-0.39, 0.29) is 0 Å². The van der Waals surface area contributed by atoms with Crippen LogP contribution in [-0.4, -0.2) is 18.1 Å². The monoisotopic (exact) mass is 257 g/mol. The van der Waals surface area contributed by atoms with Gasteiger partial charge in [0.1, 0.15) is 5.75 Å². The van der Waals surface area contributed by atoms with Gasteiger partial charge >= 0.3 is 0 Å². The average molecular weight is 257 g/mol. The van der Waals surface area contributed by atoms with Gasteiger partial charge in [0.25, 0.3) is 5.91 Å². The van der Waals surface area contributed by atoms with E-state index in [1.165, 1.54) is 0 Å². The molecule has 0 bridgehead atoms. The first-order chi connectivity index (χ1) is 9.20. The second kappa shape index (κ2) is 6.02. The molecule has 0 radical (unpaired) electrons. The molecule has 0 spiro atoms. The number of hydrogen-bond donors (Lipinski definition) is 2. The third-order valence-electron chi connectivity index (χ3n) is 2.72. The molecule has 0 aliphatic heterocycles. The van der Waals surface area contributed by atoms with Gasteiger partial charge in [-0.05, 0) is 29.8 Å². The van der Waals surface area contributed by atoms with Gasteiger partial charge in [-0.1, -0.05) is 30.3 Å². The van der Waals surface area contributed by atoms with E-state index in [1.807, 2.05) is 6.07 Å². The van der Waals surface area contributed by atoms with E-state index in [0.717, 1.165) is 0 Å². The molecular weight excluding hydrogens is 242 g/mol. The molecule has 19 heavy (non-hydrogen) atoms. The molecule has 0 heterocycles. The second-order valence-corrected chi connectivity index (χ2v) is 4.03. The van der Waals surface area contributed by atoms with Gasteiger partial charge in [-0.25, -0.2) is 0 Å². The molecule has 4 nitrogen and oxygen atoms in total. The Kier molecular flexibility index (Phi) is 4.15. The molecule has 0 aromatic heterocycles. The van der Waals surface area contributed by atoms with Crippen molar-refractivity contribution in [1.82, 2.24) is 0 Å². The van der Waals surface area contributed by atoms with Crippen LogP contribution in [0.15, 0.2) is 54.6 Å². The molecule has 2 aromatic rings. The zero-order chi connectivity index (χ0) is 13.7. The van der Waals surface area contributed by atoms with Crippen molar-refractivity contribution in [2.75, 3.05) is 12.4 Å². The van der Waals surface area contributed by atoms with E-state index in [4.69, 9.17) is 4.74 Å². The highest BCUT2D eigenvalue weighted by Crippen LogP contribution is 2.18. The van der Waals surface area contributed by atoms with Crippen LogP contribution in [0.25, 0.3) is 0 Å². The normalized spacial score (nSPS) is 11.7. The highest BCUT2D eigenvalue weighted by molar-refractivity contribution is 5.94. The first-order valence-corrected chi connectivity index (χ1v) is 5.88. The minimum Gasteiger partial charge on any atom is -0.497 e. The van der Waals surface area contributed by atoms with Crippen molar-refractivity contribution in [2.45, 2.75) is 6.10 Å². The number of nitrogens with one attached hydrogen (secondary N) is 1. The fourth-order valence-electron chi connectivity index (χ4n) is 1.67. The maximum Gasteiger partial charge on any atom is 0.257 e. The summed E-state index contributed by atoms with van der Waals surface area (Å²) in [5.74, 6) is 0.248. The number of benzene rings is 2. The van der Waals surface area contributed by atoms with E-state index in [2.05, 4.69) is 5.32 Å². The summed E-state index contributed by atoms with van der Waals surface area (Å²) in [5.41, 5.74) is 1.18. The molecule has 2 N–H and O–H groups in total. The Hall–Kier alpha value is -2.33. The maximum absolute atomic E-state index is 11.9. The topological polar surface area (TPSA) is 58.6 Å². The fraction of sp³-hybridized carbons (Fsp3) is 0.133. The zero-order valence-electron chi connectivity index (χ0n) is 10.5. The Morgan fingerprint density at radius 3 is 2.32 bits per heavy atom. The smallest absolute Gasteiger partial charge is 0.257 e. The predicted octanol–water partition coefficient (Wildman–Crippen LogP) is 2.37. The van der Waals surface area contributed by atoms with Crippen LogP contribution in [-0.2, 0) is 4.79 Å². The van der Waals surface area contributed by atoms with E-state index in [0.29, 0.717) is 17.0 Å². The van der Waals surface area contributed by atoms with E-state index < -0.39 is 12.0 Å². The minimum atomic E-state index is -1.18. The van der Waals surface area contributed by atoms with Crippen LogP contribution < -0.4 is 10.1 Å². The van der Waals surface area contributed by atoms with Gasteiger partial charge in [0, 0.05) is 5.69 Å². The standard InChI is InChI=1S/C15H15NO3/c1-19-13-9-7-12(8-10-13)16-15(18)14(17)11-5-3-2-4-6-11/h2-10,14,17H,1H3,(H,16,18)/t14-/m1/s1. The lowest BCUT2D eigenvalue weighted by Crippen LogP contribution is -2.20.